The zero-order valence-electron chi connectivity index (χ0n) is 19.9. The maximum absolute atomic E-state index is 12.5. The van der Waals surface area contributed by atoms with Crippen molar-refractivity contribution in [1.82, 2.24) is 9.62 Å². The lowest BCUT2D eigenvalue weighted by atomic mass is 9.58. The summed E-state index contributed by atoms with van der Waals surface area (Å²) in [7, 11) is -3.26. The van der Waals surface area contributed by atoms with Crippen LogP contribution in [0.15, 0.2) is 42.5 Å². The van der Waals surface area contributed by atoms with Crippen LogP contribution in [-0.2, 0) is 26.6 Å². The molecule has 0 bridgehead atoms. The molecule has 9 heteroatoms. The highest BCUT2D eigenvalue weighted by Crippen LogP contribution is 2.53. The van der Waals surface area contributed by atoms with Crippen LogP contribution in [0.4, 0.5) is 0 Å². The number of ether oxygens (including phenoxy) is 2. The summed E-state index contributed by atoms with van der Waals surface area (Å²) in [5.74, 6) is 0.906. The second kappa shape index (κ2) is 11.4. The maximum atomic E-state index is 12.5. The molecule has 1 atom stereocenters. The van der Waals surface area contributed by atoms with Gasteiger partial charge in [0.25, 0.3) is 0 Å². The Morgan fingerprint density at radius 2 is 1.86 bits per heavy atom. The van der Waals surface area contributed by atoms with Crippen molar-refractivity contribution in [2.75, 3.05) is 45.2 Å². The Morgan fingerprint density at radius 1 is 1.11 bits per heavy atom. The van der Waals surface area contributed by atoms with E-state index in [4.69, 9.17) is 21.1 Å². The molecule has 0 amide bonds. The van der Waals surface area contributed by atoms with Gasteiger partial charge in [-0.15, -0.1) is 12.4 Å². The van der Waals surface area contributed by atoms with Gasteiger partial charge in [0.1, 0.15) is 5.75 Å². The quantitative estimate of drug-likeness (QED) is 0.499. The first-order valence-electron chi connectivity index (χ1n) is 12.3. The van der Waals surface area contributed by atoms with E-state index in [1.165, 1.54) is 27.4 Å². The van der Waals surface area contributed by atoms with E-state index in [0.29, 0.717) is 39.3 Å². The van der Waals surface area contributed by atoms with E-state index in [1.807, 2.05) is 18.2 Å². The number of hydrogen-bond acceptors (Lipinski definition) is 5. The van der Waals surface area contributed by atoms with Gasteiger partial charge in [-0.2, -0.15) is 4.31 Å². The molecule has 1 aliphatic carbocycles. The molecule has 1 unspecified atom stereocenters. The second-order valence-corrected chi connectivity index (χ2v) is 12.1. The van der Waals surface area contributed by atoms with Crippen molar-refractivity contribution in [2.24, 2.45) is 0 Å². The second-order valence-electron chi connectivity index (χ2n) is 9.54. The van der Waals surface area contributed by atoms with Crippen molar-refractivity contribution in [3.05, 3.63) is 64.2 Å². The van der Waals surface area contributed by atoms with Crippen LogP contribution in [0.25, 0.3) is 0 Å². The van der Waals surface area contributed by atoms with Crippen molar-refractivity contribution >= 4 is 34.0 Å². The Kier molecular flexibility index (Phi) is 8.67. The molecule has 2 fully saturated rings. The number of benzene rings is 2. The minimum atomic E-state index is -3.26. The van der Waals surface area contributed by atoms with E-state index >= 15 is 0 Å². The highest BCUT2D eigenvalue weighted by Gasteiger charge is 2.47. The summed E-state index contributed by atoms with van der Waals surface area (Å²) >= 11 is 6.17. The SMILES string of the molecule is Cl.O=S(=O)(CCCOc1ccc2c(c1)C(C1(c3ccc(Cl)cc3)CCC1)NCC2)N1CCOCC1. The van der Waals surface area contributed by atoms with Crippen LogP contribution in [0, 0.1) is 0 Å². The first-order chi connectivity index (χ1) is 16.5. The normalized spacial score (nSPS) is 21.9. The fourth-order valence-corrected chi connectivity index (χ4v) is 7.15. The largest absolute Gasteiger partial charge is 0.494 e. The molecule has 2 heterocycles. The summed E-state index contributed by atoms with van der Waals surface area (Å²) in [6.07, 6.45) is 4.99. The third-order valence-corrected chi connectivity index (χ3v) is 9.78. The molecule has 5 rings (SSSR count). The van der Waals surface area contributed by atoms with E-state index in [2.05, 4.69) is 29.6 Å². The Bertz CT molecular complexity index is 1100. The van der Waals surface area contributed by atoms with E-state index in [9.17, 15) is 8.42 Å². The maximum Gasteiger partial charge on any atom is 0.214 e. The minimum Gasteiger partial charge on any atom is -0.494 e. The summed E-state index contributed by atoms with van der Waals surface area (Å²) in [5.41, 5.74) is 4.09. The predicted molar refractivity (Wildman–Crippen MR) is 141 cm³/mol. The molecule has 2 aliphatic heterocycles. The van der Waals surface area contributed by atoms with Crippen molar-refractivity contribution in [3.8, 4) is 5.75 Å². The van der Waals surface area contributed by atoms with Crippen molar-refractivity contribution in [3.63, 3.8) is 0 Å². The summed E-state index contributed by atoms with van der Waals surface area (Å²) in [6, 6.07) is 14.9. The summed E-state index contributed by atoms with van der Waals surface area (Å²) in [5, 5.41) is 4.56. The number of nitrogens with one attached hydrogen (secondary N) is 1. The molecular weight excluding hydrogens is 507 g/mol. The first-order valence-corrected chi connectivity index (χ1v) is 14.3. The van der Waals surface area contributed by atoms with Crippen LogP contribution in [0.2, 0.25) is 5.02 Å². The molecule has 192 valence electrons. The first kappa shape index (κ1) is 26.7. The lowest BCUT2D eigenvalue weighted by Gasteiger charge is -2.50. The van der Waals surface area contributed by atoms with E-state index < -0.39 is 10.0 Å². The zero-order chi connectivity index (χ0) is 23.6. The van der Waals surface area contributed by atoms with Gasteiger partial charge in [-0.1, -0.05) is 36.2 Å². The molecule has 2 aromatic carbocycles. The molecule has 6 nitrogen and oxygen atoms in total. The number of rotatable bonds is 8. The standard InChI is InChI=1S/C26H33ClN2O4S.ClH/c27-22-6-4-21(5-7-22)26(10-1-11-26)25-24-19-23(8-3-20(24)9-12-28-25)33-15-2-18-34(30,31)29-13-16-32-17-14-29;/h3-8,19,25,28H,1-2,9-18H2;1H. The topological polar surface area (TPSA) is 67.9 Å². The molecule has 2 aromatic rings. The van der Waals surface area contributed by atoms with Crippen LogP contribution in [-0.4, -0.2) is 57.9 Å². The van der Waals surface area contributed by atoms with E-state index in [0.717, 1.165) is 36.6 Å². The number of hydrogen-bond donors (Lipinski definition) is 1. The van der Waals surface area contributed by atoms with E-state index in [1.54, 1.807) is 0 Å². The van der Waals surface area contributed by atoms with Crippen LogP contribution in [0.3, 0.4) is 0 Å². The minimum absolute atomic E-state index is 0. The highest BCUT2D eigenvalue weighted by molar-refractivity contribution is 7.89. The lowest BCUT2D eigenvalue weighted by Crippen LogP contribution is -2.49. The van der Waals surface area contributed by atoms with Gasteiger partial charge in [0.15, 0.2) is 0 Å². The lowest BCUT2D eigenvalue weighted by molar-refractivity contribution is 0.0730. The van der Waals surface area contributed by atoms with Crippen molar-refractivity contribution in [2.45, 2.75) is 43.6 Å². The van der Waals surface area contributed by atoms with Crippen LogP contribution >= 0.6 is 24.0 Å². The molecule has 1 saturated carbocycles. The molecule has 35 heavy (non-hydrogen) atoms. The molecule has 3 aliphatic rings. The van der Waals surface area contributed by atoms with Crippen molar-refractivity contribution < 1.29 is 17.9 Å². The average molecular weight is 542 g/mol. The monoisotopic (exact) mass is 540 g/mol. The molecule has 0 aromatic heterocycles. The molecule has 1 N–H and O–H groups in total. The van der Waals surface area contributed by atoms with Gasteiger partial charge in [0.05, 0.1) is 25.6 Å². The van der Waals surface area contributed by atoms with Gasteiger partial charge in [0, 0.05) is 29.6 Å². The summed E-state index contributed by atoms with van der Waals surface area (Å²) in [4.78, 5) is 0. The van der Waals surface area contributed by atoms with E-state index in [-0.39, 0.29) is 29.6 Å². The number of sulfonamides is 1. The zero-order valence-corrected chi connectivity index (χ0v) is 22.3. The van der Waals surface area contributed by atoms with Gasteiger partial charge in [0.2, 0.25) is 10.0 Å². The summed E-state index contributed by atoms with van der Waals surface area (Å²) in [6.45, 7) is 3.17. The number of fused-ring (bicyclic) bond motifs is 1. The molecule has 0 radical (unpaired) electrons. The average Bonchev–Trinajstić information content (AvgIpc) is 2.83. The summed E-state index contributed by atoms with van der Waals surface area (Å²) < 4.78 is 37.9. The highest BCUT2D eigenvalue weighted by atomic mass is 35.5. The third kappa shape index (κ3) is 5.65. The smallest absolute Gasteiger partial charge is 0.214 e. The predicted octanol–water partition coefficient (Wildman–Crippen LogP) is 4.50. The number of nitrogens with zero attached hydrogens (tertiary/aromatic N) is 1. The molecular formula is C26H34Cl2N2O4S. The Hall–Kier alpha value is -1.35. The Morgan fingerprint density at radius 3 is 2.54 bits per heavy atom. The number of morpholine rings is 1. The molecule has 1 saturated heterocycles. The Balaban J connectivity index is 0.00000289. The van der Waals surface area contributed by atoms with Gasteiger partial charge >= 0.3 is 0 Å². The number of halogens is 2. The van der Waals surface area contributed by atoms with Crippen LogP contribution < -0.4 is 10.1 Å². The van der Waals surface area contributed by atoms with Crippen LogP contribution in [0.1, 0.15) is 48.4 Å². The fraction of sp³-hybridized carbons (Fsp3) is 0.538. The van der Waals surface area contributed by atoms with Gasteiger partial charge in [-0.25, -0.2) is 8.42 Å². The van der Waals surface area contributed by atoms with Gasteiger partial charge in [-0.3, -0.25) is 0 Å². The fourth-order valence-electron chi connectivity index (χ4n) is 5.58. The van der Waals surface area contributed by atoms with Crippen LogP contribution in [0.5, 0.6) is 5.75 Å². The van der Waals surface area contributed by atoms with Gasteiger partial charge in [-0.05, 0) is 73.2 Å². The third-order valence-electron chi connectivity index (χ3n) is 7.57. The Labute approximate surface area is 219 Å². The van der Waals surface area contributed by atoms with Crippen molar-refractivity contribution in [1.29, 1.82) is 0 Å². The van der Waals surface area contributed by atoms with Gasteiger partial charge < -0.3 is 14.8 Å². The molecule has 0 spiro atoms.